The molecule has 1 amide bonds. The van der Waals surface area contributed by atoms with E-state index in [0.717, 1.165) is 22.0 Å². The first kappa shape index (κ1) is 15.4. The summed E-state index contributed by atoms with van der Waals surface area (Å²) in [5, 5.41) is 7.28. The molecule has 0 saturated heterocycles. The highest BCUT2D eigenvalue weighted by molar-refractivity contribution is 7.09. The number of hydrogen-bond acceptors (Lipinski definition) is 4. The highest BCUT2D eigenvalue weighted by atomic mass is 32.1. The summed E-state index contributed by atoms with van der Waals surface area (Å²) in [6, 6.07) is 9.91. The summed E-state index contributed by atoms with van der Waals surface area (Å²) in [5.41, 5.74) is 2.84. The molecular formula is C17H18N4OS. The van der Waals surface area contributed by atoms with Gasteiger partial charge in [-0.3, -0.25) is 4.79 Å². The third-order valence-corrected chi connectivity index (χ3v) is 4.32. The van der Waals surface area contributed by atoms with E-state index in [2.05, 4.69) is 10.1 Å². The number of carbonyl (C=O) groups excluding carboxylic acids is 1. The number of thiazole rings is 1. The smallest absolute Gasteiger partial charge is 0.228 e. The largest absolute Gasteiger partial charge is 0.341 e. The van der Waals surface area contributed by atoms with Gasteiger partial charge in [0.1, 0.15) is 0 Å². The number of benzene rings is 1. The van der Waals surface area contributed by atoms with Gasteiger partial charge in [0.15, 0.2) is 0 Å². The van der Waals surface area contributed by atoms with Crippen molar-refractivity contribution in [2.45, 2.75) is 19.9 Å². The minimum atomic E-state index is 0.0581. The van der Waals surface area contributed by atoms with E-state index in [9.17, 15) is 4.79 Å². The first-order valence-corrected chi connectivity index (χ1v) is 8.24. The van der Waals surface area contributed by atoms with Gasteiger partial charge in [-0.1, -0.05) is 18.2 Å². The second-order valence-corrected chi connectivity index (χ2v) is 6.48. The van der Waals surface area contributed by atoms with Crippen LogP contribution in [-0.4, -0.2) is 32.6 Å². The van der Waals surface area contributed by atoms with Gasteiger partial charge in [0.05, 0.1) is 29.0 Å². The average Bonchev–Trinajstić information content (AvgIpc) is 3.17. The molecule has 5 nitrogen and oxygen atoms in total. The highest BCUT2D eigenvalue weighted by Gasteiger charge is 2.13. The molecule has 23 heavy (non-hydrogen) atoms. The van der Waals surface area contributed by atoms with Crippen LogP contribution in [0.15, 0.2) is 48.1 Å². The van der Waals surface area contributed by atoms with Crippen molar-refractivity contribution in [3.8, 4) is 5.69 Å². The van der Waals surface area contributed by atoms with Crippen LogP contribution in [0, 0.1) is 6.92 Å². The molecule has 0 N–H and O–H groups in total. The van der Waals surface area contributed by atoms with Gasteiger partial charge in [0, 0.05) is 30.7 Å². The van der Waals surface area contributed by atoms with E-state index >= 15 is 0 Å². The first-order chi connectivity index (χ1) is 11.1. The molecular weight excluding hydrogens is 308 g/mol. The maximum absolute atomic E-state index is 12.3. The number of carbonyl (C=O) groups is 1. The van der Waals surface area contributed by atoms with Crippen molar-refractivity contribution in [3.63, 3.8) is 0 Å². The topological polar surface area (TPSA) is 51.0 Å². The minimum absolute atomic E-state index is 0.0581. The summed E-state index contributed by atoms with van der Waals surface area (Å²) in [6.45, 7) is 2.48. The normalized spacial score (nSPS) is 10.7. The quantitative estimate of drug-likeness (QED) is 0.724. The Balaban J connectivity index is 1.62. The monoisotopic (exact) mass is 326 g/mol. The lowest BCUT2D eigenvalue weighted by molar-refractivity contribution is -0.129. The molecule has 0 bridgehead atoms. The highest BCUT2D eigenvalue weighted by Crippen LogP contribution is 2.12. The third kappa shape index (κ3) is 3.84. The Labute approximate surface area is 139 Å². The second kappa shape index (κ2) is 6.75. The molecule has 0 fully saturated rings. The van der Waals surface area contributed by atoms with Gasteiger partial charge in [0.25, 0.3) is 0 Å². The average molecular weight is 326 g/mol. The molecule has 0 aliphatic carbocycles. The summed E-state index contributed by atoms with van der Waals surface area (Å²) in [7, 11) is 1.81. The molecule has 2 aromatic heterocycles. The van der Waals surface area contributed by atoms with Crippen molar-refractivity contribution < 1.29 is 4.79 Å². The summed E-state index contributed by atoms with van der Waals surface area (Å²) in [6.07, 6.45) is 4.09. The molecule has 1 aromatic carbocycles. The standard InChI is InChI=1S/C17H18N4OS/c1-13-19-15(12-23-13)8-17(22)20(2)10-14-9-18-21(11-14)16-6-4-3-5-7-16/h3-7,9,11-12H,8,10H2,1-2H3. The Morgan fingerprint density at radius 3 is 2.78 bits per heavy atom. The van der Waals surface area contributed by atoms with Gasteiger partial charge in [-0.2, -0.15) is 5.10 Å². The molecule has 2 heterocycles. The van der Waals surface area contributed by atoms with Gasteiger partial charge in [-0.05, 0) is 19.1 Å². The van der Waals surface area contributed by atoms with Crippen LogP contribution < -0.4 is 0 Å². The van der Waals surface area contributed by atoms with Crippen LogP contribution in [0.3, 0.4) is 0 Å². The van der Waals surface area contributed by atoms with Crippen LogP contribution in [0.5, 0.6) is 0 Å². The fraction of sp³-hybridized carbons (Fsp3) is 0.235. The summed E-state index contributed by atoms with van der Waals surface area (Å²) >= 11 is 1.57. The number of para-hydroxylation sites is 1. The van der Waals surface area contributed by atoms with Crippen LogP contribution in [-0.2, 0) is 17.8 Å². The Hall–Kier alpha value is -2.47. The number of aryl methyl sites for hydroxylation is 1. The molecule has 0 atom stereocenters. The summed E-state index contributed by atoms with van der Waals surface area (Å²) in [5.74, 6) is 0.0581. The summed E-state index contributed by atoms with van der Waals surface area (Å²) in [4.78, 5) is 18.3. The van der Waals surface area contributed by atoms with E-state index in [1.165, 1.54) is 0 Å². The van der Waals surface area contributed by atoms with Crippen LogP contribution >= 0.6 is 11.3 Å². The van der Waals surface area contributed by atoms with Crippen LogP contribution in [0.2, 0.25) is 0 Å². The van der Waals surface area contributed by atoms with Crippen LogP contribution in [0.4, 0.5) is 0 Å². The van der Waals surface area contributed by atoms with Crippen LogP contribution in [0.1, 0.15) is 16.3 Å². The lowest BCUT2D eigenvalue weighted by Gasteiger charge is -2.15. The second-order valence-electron chi connectivity index (χ2n) is 5.41. The van der Waals surface area contributed by atoms with Crippen molar-refractivity contribution in [1.82, 2.24) is 19.7 Å². The van der Waals surface area contributed by atoms with Gasteiger partial charge in [-0.25, -0.2) is 9.67 Å². The Morgan fingerprint density at radius 1 is 1.30 bits per heavy atom. The zero-order valence-corrected chi connectivity index (χ0v) is 14.0. The number of rotatable bonds is 5. The molecule has 0 aliphatic heterocycles. The molecule has 118 valence electrons. The van der Waals surface area contributed by atoms with Crippen molar-refractivity contribution in [1.29, 1.82) is 0 Å². The molecule has 3 aromatic rings. The number of nitrogens with zero attached hydrogens (tertiary/aromatic N) is 4. The van der Waals surface area contributed by atoms with Gasteiger partial charge in [-0.15, -0.1) is 11.3 Å². The van der Waals surface area contributed by atoms with Gasteiger partial charge in [0.2, 0.25) is 5.91 Å². The van der Waals surface area contributed by atoms with Gasteiger partial charge < -0.3 is 4.90 Å². The Morgan fingerprint density at radius 2 is 2.09 bits per heavy atom. The van der Waals surface area contributed by atoms with Crippen molar-refractivity contribution in [2.75, 3.05) is 7.05 Å². The lowest BCUT2D eigenvalue weighted by Crippen LogP contribution is -2.27. The van der Waals surface area contributed by atoms with E-state index in [0.29, 0.717) is 13.0 Å². The number of amides is 1. The SMILES string of the molecule is Cc1nc(CC(=O)N(C)Cc2cnn(-c3ccccc3)c2)cs1. The minimum Gasteiger partial charge on any atom is -0.341 e. The predicted octanol–water partition coefficient (Wildman–Crippen LogP) is 2.84. The van der Waals surface area contributed by atoms with Crippen LogP contribution in [0.25, 0.3) is 5.69 Å². The van der Waals surface area contributed by atoms with Crippen molar-refractivity contribution >= 4 is 17.2 Å². The van der Waals surface area contributed by atoms with Crippen molar-refractivity contribution in [2.24, 2.45) is 0 Å². The molecule has 6 heteroatoms. The van der Waals surface area contributed by atoms with E-state index in [-0.39, 0.29) is 5.91 Å². The molecule has 0 radical (unpaired) electrons. The van der Waals surface area contributed by atoms with E-state index in [1.54, 1.807) is 29.5 Å². The zero-order valence-electron chi connectivity index (χ0n) is 13.1. The van der Waals surface area contributed by atoms with Crippen molar-refractivity contribution in [3.05, 3.63) is 64.4 Å². The van der Waals surface area contributed by atoms with E-state index < -0.39 is 0 Å². The maximum atomic E-state index is 12.3. The maximum Gasteiger partial charge on any atom is 0.228 e. The Kier molecular flexibility index (Phi) is 4.52. The third-order valence-electron chi connectivity index (χ3n) is 3.50. The number of hydrogen-bond donors (Lipinski definition) is 0. The molecule has 0 saturated carbocycles. The Bertz CT molecular complexity index is 794. The lowest BCUT2D eigenvalue weighted by atomic mass is 10.2. The molecule has 0 spiro atoms. The van der Waals surface area contributed by atoms with E-state index in [1.807, 2.05) is 53.5 Å². The fourth-order valence-electron chi connectivity index (χ4n) is 2.31. The number of aromatic nitrogens is 3. The number of likely N-dealkylation sites (N-methyl/N-ethyl adjacent to an activating group) is 1. The first-order valence-electron chi connectivity index (χ1n) is 7.36. The fourth-order valence-corrected chi connectivity index (χ4v) is 2.92. The molecule has 3 rings (SSSR count). The zero-order chi connectivity index (χ0) is 16.2. The van der Waals surface area contributed by atoms with E-state index in [4.69, 9.17) is 0 Å². The predicted molar refractivity (Wildman–Crippen MR) is 90.6 cm³/mol. The van der Waals surface area contributed by atoms with Gasteiger partial charge >= 0.3 is 0 Å². The molecule has 0 unspecified atom stereocenters. The molecule has 0 aliphatic rings. The summed E-state index contributed by atoms with van der Waals surface area (Å²) < 4.78 is 1.82.